The topological polar surface area (TPSA) is 86.5 Å². The van der Waals surface area contributed by atoms with Crippen molar-refractivity contribution in [2.75, 3.05) is 6.61 Å². The summed E-state index contributed by atoms with van der Waals surface area (Å²) < 4.78 is 4.66. The number of ether oxygens (including phenoxy) is 1. The number of hydrogen-bond donors (Lipinski definition) is 0. The summed E-state index contributed by atoms with van der Waals surface area (Å²) >= 11 is 0. The minimum absolute atomic E-state index is 0.204. The molecule has 0 atom stereocenters. The van der Waals surface area contributed by atoms with Gasteiger partial charge in [0, 0.05) is 17.7 Å². The molecule has 18 heavy (non-hydrogen) atoms. The van der Waals surface area contributed by atoms with Gasteiger partial charge in [-0.1, -0.05) is 6.07 Å². The number of esters is 1. The van der Waals surface area contributed by atoms with Crippen LogP contribution in [0.3, 0.4) is 0 Å². The van der Waals surface area contributed by atoms with Crippen LogP contribution >= 0.6 is 0 Å². The number of nitrogens with zero attached hydrogens (tertiary/aromatic N) is 1. The molecule has 6 heteroatoms. The summed E-state index contributed by atoms with van der Waals surface area (Å²) in [5.74, 6) is -0.578. The van der Waals surface area contributed by atoms with E-state index in [1.807, 2.05) is 0 Å². The van der Waals surface area contributed by atoms with E-state index in [-0.39, 0.29) is 23.4 Å². The van der Waals surface area contributed by atoms with Crippen LogP contribution in [-0.2, 0) is 9.53 Å². The Hall–Kier alpha value is -2.50. The van der Waals surface area contributed by atoms with Gasteiger partial charge in [0.15, 0.2) is 0 Å². The van der Waals surface area contributed by atoms with Crippen LogP contribution in [-0.4, -0.2) is 23.8 Å². The first kappa shape index (κ1) is 13.6. The lowest BCUT2D eigenvalue weighted by atomic mass is 10.1. The first-order valence-electron chi connectivity index (χ1n) is 5.17. The standard InChI is InChI=1S/C12H11NO5/c1-2-18-12(15)6-5-10-4-3-9(8-14)7-11(10)13(16)17/h3-8H,2H2,1H3. The molecule has 0 aliphatic rings. The van der Waals surface area contributed by atoms with E-state index < -0.39 is 10.9 Å². The fraction of sp³-hybridized carbons (Fsp3) is 0.167. The van der Waals surface area contributed by atoms with Crippen LogP contribution in [0.1, 0.15) is 22.8 Å². The second-order valence-corrected chi connectivity index (χ2v) is 3.28. The predicted molar refractivity (Wildman–Crippen MR) is 64.2 cm³/mol. The molecule has 0 aromatic heterocycles. The normalized spacial score (nSPS) is 10.3. The molecule has 1 aromatic rings. The van der Waals surface area contributed by atoms with Crippen LogP contribution in [0.25, 0.3) is 6.08 Å². The average molecular weight is 249 g/mol. The highest BCUT2D eigenvalue weighted by Gasteiger charge is 2.12. The summed E-state index contributed by atoms with van der Waals surface area (Å²) in [7, 11) is 0. The number of nitro benzene ring substituents is 1. The summed E-state index contributed by atoms with van der Waals surface area (Å²) in [5.41, 5.74) is 0.203. The van der Waals surface area contributed by atoms with Gasteiger partial charge in [-0.05, 0) is 19.1 Å². The quantitative estimate of drug-likeness (QED) is 0.262. The number of rotatable bonds is 5. The van der Waals surface area contributed by atoms with Crippen molar-refractivity contribution < 1.29 is 19.2 Å². The van der Waals surface area contributed by atoms with Gasteiger partial charge in [-0.15, -0.1) is 0 Å². The Kier molecular flexibility index (Phi) is 4.74. The number of nitro groups is 1. The zero-order valence-corrected chi connectivity index (χ0v) is 9.66. The Morgan fingerprint density at radius 1 is 1.50 bits per heavy atom. The maximum Gasteiger partial charge on any atom is 0.330 e. The monoisotopic (exact) mass is 249 g/mol. The molecule has 0 spiro atoms. The maximum atomic E-state index is 11.1. The zero-order valence-electron chi connectivity index (χ0n) is 9.66. The largest absolute Gasteiger partial charge is 0.463 e. The number of aldehydes is 1. The molecule has 0 saturated carbocycles. The first-order valence-corrected chi connectivity index (χ1v) is 5.17. The van der Waals surface area contributed by atoms with E-state index in [2.05, 4.69) is 4.74 Å². The van der Waals surface area contributed by atoms with Gasteiger partial charge in [0.1, 0.15) is 6.29 Å². The number of benzene rings is 1. The van der Waals surface area contributed by atoms with Crippen LogP contribution < -0.4 is 0 Å². The van der Waals surface area contributed by atoms with Gasteiger partial charge >= 0.3 is 5.97 Å². The number of carbonyl (C=O) groups is 2. The second kappa shape index (κ2) is 6.29. The van der Waals surface area contributed by atoms with E-state index in [0.717, 1.165) is 12.1 Å². The first-order chi connectivity index (χ1) is 8.58. The van der Waals surface area contributed by atoms with E-state index >= 15 is 0 Å². The van der Waals surface area contributed by atoms with E-state index in [4.69, 9.17) is 0 Å². The van der Waals surface area contributed by atoms with Crippen LogP contribution in [0, 0.1) is 10.1 Å². The van der Waals surface area contributed by atoms with Crippen molar-refractivity contribution >= 4 is 24.0 Å². The van der Waals surface area contributed by atoms with Gasteiger partial charge in [0.05, 0.1) is 17.1 Å². The fourth-order valence-corrected chi connectivity index (χ4v) is 1.28. The highest BCUT2D eigenvalue weighted by atomic mass is 16.6. The molecule has 0 fully saturated rings. The van der Waals surface area contributed by atoms with Crippen molar-refractivity contribution in [2.24, 2.45) is 0 Å². The van der Waals surface area contributed by atoms with Crippen molar-refractivity contribution in [1.29, 1.82) is 0 Å². The molecule has 0 N–H and O–H groups in total. The molecular weight excluding hydrogens is 238 g/mol. The Bertz CT molecular complexity index is 507. The molecule has 1 rings (SSSR count). The molecule has 0 radical (unpaired) electrons. The van der Waals surface area contributed by atoms with Crippen LogP contribution in [0.2, 0.25) is 0 Å². The maximum absolute atomic E-state index is 11.1. The Morgan fingerprint density at radius 2 is 2.22 bits per heavy atom. The molecule has 1 aromatic carbocycles. The smallest absolute Gasteiger partial charge is 0.330 e. The lowest BCUT2D eigenvalue weighted by molar-refractivity contribution is -0.385. The van der Waals surface area contributed by atoms with E-state index in [9.17, 15) is 19.7 Å². The lowest BCUT2D eigenvalue weighted by Gasteiger charge is -1.99. The molecule has 94 valence electrons. The molecule has 0 aliphatic heterocycles. The summed E-state index contributed by atoms with van der Waals surface area (Å²) in [5, 5.41) is 10.8. The summed E-state index contributed by atoms with van der Waals surface area (Å²) in [6.45, 7) is 1.89. The van der Waals surface area contributed by atoms with Crippen LogP contribution in [0.15, 0.2) is 24.3 Å². The van der Waals surface area contributed by atoms with Gasteiger partial charge in [0.2, 0.25) is 0 Å². The average Bonchev–Trinajstić information content (AvgIpc) is 2.36. The molecule has 0 heterocycles. The molecule has 0 amide bonds. The zero-order chi connectivity index (χ0) is 13.5. The third-order valence-electron chi connectivity index (χ3n) is 2.07. The van der Waals surface area contributed by atoms with Crippen molar-refractivity contribution in [2.45, 2.75) is 6.92 Å². The van der Waals surface area contributed by atoms with Crippen molar-refractivity contribution in [3.63, 3.8) is 0 Å². The predicted octanol–water partition coefficient (Wildman–Crippen LogP) is 1.98. The fourth-order valence-electron chi connectivity index (χ4n) is 1.28. The highest BCUT2D eigenvalue weighted by molar-refractivity contribution is 5.88. The van der Waals surface area contributed by atoms with Gasteiger partial charge < -0.3 is 4.74 Å². The molecule has 0 bridgehead atoms. The minimum atomic E-state index is -0.613. The third-order valence-corrected chi connectivity index (χ3v) is 2.07. The van der Waals surface area contributed by atoms with Gasteiger partial charge in [-0.3, -0.25) is 14.9 Å². The number of hydrogen-bond acceptors (Lipinski definition) is 5. The van der Waals surface area contributed by atoms with Gasteiger partial charge in [-0.2, -0.15) is 0 Å². The van der Waals surface area contributed by atoms with Crippen molar-refractivity contribution in [1.82, 2.24) is 0 Å². The summed E-state index contributed by atoms with van der Waals surface area (Å²) in [4.78, 5) is 31.8. The Morgan fingerprint density at radius 3 is 2.78 bits per heavy atom. The van der Waals surface area contributed by atoms with Gasteiger partial charge in [0.25, 0.3) is 5.69 Å². The lowest BCUT2D eigenvalue weighted by Crippen LogP contribution is -1.99. The third kappa shape index (κ3) is 3.51. The minimum Gasteiger partial charge on any atom is -0.463 e. The Labute approximate surface area is 103 Å². The molecule has 0 unspecified atom stereocenters. The molecular formula is C12H11NO5. The second-order valence-electron chi connectivity index (χ2n) is 3.28. The molecule has 0 aliphatic carbocycles. The van der Waals surface area contributed by atoms with E-state index in [1.54, 1.807) is 6.92 Å². The van der Waals surface area contributed by atoms with E-state index in [0.29, 0.717) is 6.29 Å². The number of carbonyl (C=O) groups excluding carboxylic acids is 2. The van der Waals surface area contributed by atoms with Crippen molar-refractivity contribution in [3.8, 4) is 0 Å². The van der Waals surface area contributed by atoms with Gasteiger partial charge in [-0.25, -0.2) is 4.79 Å². The Balaban J connectivity index is 3.05. The highest BCUT2D eigenvalue weighted by Crippen LogP contribution is 2.21. The van der Waals surface area contributed by atoms with Crippen molar-refractivity contribution in [3.05, 3.63) is 45.5 Å². The summed E-state index contributed by atoms with van der Waals surface area (Å²) in [6, 6.07) is 3.99. The van der Waals surface area contributed by atoms with E-state index in [1.165, 1.54) is 18.2 Å². The van der Waals surface area contributed by atoms with Crippen LogP contribution in [0.5, 0.6) is 0 Å². The SMILES string of the molecule is CCOC(=O)C=Cc1ccc(C=O)cc1[N+](=O)[O-]. The molecule has 6 nitrogen and oxygen atoms in total. The summed E-state index contributed by atoms with van der Waals surface area (Å²) in [6.07, 6.45) is 2.91. The van der Waals surface area contributed by atoms with Crippen LogP contribution in [0.4, 0.5) is 5.69 Å². The molecule has 0 saturated heterocycles.